The number of likely N-dealkylation sites (tertiary alicyclic amines) is 1. The topological polar surface area (TPSA) is 81.8 Å². The van der Waals surface area contributed by atoms with E-state index in [4.69, 9.17) is 21.0 Å². The van der Waals surface area contributed by atoms with Crippen molar-refractivity contribution >= 4 is 23.3 Å². The van der Waals surface area contributed by atoms with Gasteiger partial charge in [-0.2, -0.15) is 5.10 Å². The van der Waals surface area contributed by atoms with Crippen LogP contribution in [-0.2, 0) is 9.63 Å². The van der Waals surface area contributed by atoms with Gasteiger partial charge in [0.05, 0.1) is 17.2 Å². The van der Waals surface area contributed by atoms with E-state index in [1.54, 1.807) is 4.90 Å². The van der Waals surface area contributed by atoms with Gasteiger partial charge in [0, 0.05) is 24.3 Å². The van der Waals surface area contributed by atoms with Gasteiger partial charge in [0.2, 0.25) is 0 Å². The van der Waals surface area contributed by atoms with Gasteiger partial charge in [0.25, 0.3) is 12.9 Å². The van der Waals surface area contributed by atoms with E-state index in [2.05, 4.69) is 16.2 Å². The van der Waals surface area contributed by atoms with Crippen LogP contribution in [0.2, 0.25) is 0 Å². The number of piperidine rings is 1. The molecule has 40 heavy (non-hydrogen) atoms. The Hall–Kier alpha value is -3.76. The van der Waals surface area contributed by atoms with Crippen molar-refractivity contribution in [3.63, 3.8) is 0 Å². The summed E-state index contributed by atoms with van der Waals surface area (Å²) >= 11 is 1.42. The minimum Gasteiger partial charge on any atom is -0.481 e. The lowest BCUT2D eigenvalue weighted by Gasteiger charge is -2.38. The second-order valence-electron chi connectivity index (χ2n) is 9.37. The maximum atomic E-state index is 13.7. The number of benzene rings is 1. The first-order valence-electron chi connectivity index (χ1n) is 12.6. The van der Waals surface area contributed by atoms with Crippen molar-refractivity contribution in [2.75, 3.05) is 19.7 Å². The largest absolute Gasteiger partial charge is 0.481 e. The molecule has 2 aliphatic rings. The fourth-order valence-corrected chi connectivity index (χ4v) is 5.91. The third kappa shape index (κ3) is 5.88. The quantitative estimate of drug-likeness (QED) is 0.176. The highest BCUT2D eigenvalue weighted by Crippen LogP contribution is 2.40. The molecule has 0 amide bonds. The Kier molecular flexibility index (Phi) is 8.46. The lowest BCUT2D eigenvalue weighted by molar-refractivity contribution is -0.110. The Balaban J connectivity index is 1.30. The highest BCUT2D eigenvalue weighted by atomic mass is 32.1. The van der Waals surface area contributed by atoms with Crippen molar-refractivity contribution in [1.82, 2.24) is 19.7 Å². The molecule has 8 nitrogen and oxygen atoms in total. The molecule has 2 aromatic heterocycles. The van der Waals surface area contributed by atoms with Crippen LogP contribution in [-0.4, -0.2) is 51.4 Å². The number of rotatable bonds is 10. The number of hydrogen-bond acceptors (Lipinski definition) is 8. The predicted molar refractivity (Wildman–Crippen MR) is 139 cm³/mol. The van der Waals surface area contributed by atoms with Gasteiger partial charge < -0.3 is 14.4 Å². The van der Waals surface area contributed by atoms with Crippen molar-refractivity contribution in [2.45, 2.75) is 50.3 Å². The molecule has 13 heteroatoms. The number of oxime groups is 1. The second kappa shape index (κ2) is 12.2. The number of aromatic nitrogens is 3. The average Bonchev–Trinajstić information content (AvgIpc) is 3.72. The monoisotopic (exact) mass is 575 g/mol. The minimum absolute atomic E-state index is 0.0282. The highest BCUT2D eigenvalue weighted by Gasteiger charge is 2.36. The van der Waals surface area contributed by atoms with Gasteiger partial charge >= 0.3 is 0 Å². The van der Waals surface area contributed by atoms with Crippen LogP contribution in [0.3, 0.4) is 0 Å². The summed E-state index contributed by atoms with van der Waals surface area (Å²) in [5.74, 6) is 2.93. The van der Waals surface area contributed by atoms with Crippen molar-refractivity contribution in [3.05, 3.63) is 63.4 Å². The van der Waals surface area contributed by atoms with E-state index < -0.39 is 30.4 Å². The second-order valence-corrected chi connectivity index (χ2v) is 10.3. The number of aldehydes is 1. The molecule has 3 unspecified atom stereocenters. The molecule has 4 heterocycles. The first kappa shape index (κ1) is 27.8. The fourth-order valence-electron chi connectivity index (χ4n) is 4.94. The number of carbonyl (C=O) groups excluding carboxylic acids is 1. The first-order chi connectivity index (χ1) is 19.4. The van der Waals surface area contributed by atoms with Crippen LogP contribution in [0.15, 0.2) is 40.9 Å². The molecule has 3 aromatic rings. The van der Waals surface area contributed by atoms with E-state index in [0.717, 1.165) is 21.3 Å². The molecule has 210 valence electrons. The molecule has 0 aliphatic carbocycles. The lowest BCUT2D eigenvalue weighted by atomic mass is 9.94. The van der Waals surface area contributed by atoms with Gasteiger partial charge in [-0.05, 0) is 36.6 Å². The summed E-state index contributed by atoms with van der Waals surface area (Å²) in [6.07, 6.45) is 0.232. The molecular formula is C27H25F4N5O3S. The summed E-state index contributed by atoms with van der Waals surface area (Å²) in [4.78, 5) is 23.4. The SMILES string of the molecule is C#CCOc1ccc(C2CC(c3csc(C4CCN(CC=O)C(n5nc(C(F)F)cc5C(F)F)C4)n3)=NO2)cc1. The normalized spacial score (nSPS) is 21.3. The average molecular weight is 576 g/mol. The van der Waals surface area contributed by atoms with Crippen LogP contribution in [0.4, 0.5) is 17.6 Å². The van der Waals surface area contributed by atoms with Gasteiger partial charge in [0.15, 0.2) is 6.10 Å². The van der Waals surface area contributed by atoms with Gasteiger partial charge in [-0.3, -0.25) is 4.90 Å². The van der Waals surface area contributed by atoms with Crippen LogP contribution in [0.25, 0.3) is 0 Å². The maximum absolute atomic E-state index is 13.7. The summed E-state index contributed by atoms with van der Waals surface area (Å²) in [5.41, 5.74) is 0.948. The van der Waals surface area contributed by atoms with E-state index in [-0.39, 0.29) is 31.6 Å². The third-order valence-corrected chi connectivity index (χ3v) is 7.92. The molecule has 0 spiro atoms. The molecule has 0 N–H and O–H groups in total. The molecule has 0 bridgehead atoms. The zero-order valence-corrected chi connectivity index (χ0v) is 21.9. The molecule has 5 rings (SSSR count). The summed E-state index contributed by atoms with van der Waals surface area (Å²) in [6.45, 7) is 0.546. The van der Waals surface area contributed by atoms with Gasteiger partial charge in [0.1, 0.15) is 41.9 Å². The number of hydrogen-bond donors (Lipinski definition) is 0. The zero-order chi connectivity index (χ0) is 28.2. The lowest BCUT2D eigenvalue weighted by Crippen LogP contribution is -2.41. The molecule has 2 aliphatic heterocycles. The summed E-state index contributed by atoms with van der Waals surface area (Å²) < 4.78 is 60.4. The van der Waals surface area contributed by atoms with Crippen molar-refractivity contribution in [3.8, 4) is 18.1 Å². The summed E-state index contributed by atoms with van der Waals surface area (Å²) in [5, 5.41) is 10.7. The van der Waals surface area contributed by atoms with Crippen LogP contribution >= 0.6 is 11.3 Å². The zero-order valence-electron chi connectivity index (χ0n) is 21.1. The number of thiazole rings is 1. The van der Waals surface area contributed by atoms with Gasteiger partial charge in [-0.15, -0.1) is 17.8 Å². The Morgan fingerprint density at radius 2 is 2.02 bits per heavy atom. The van der Waals surface area contributed by atoms with Crippen molar-refractivity contribution in [1.29, 1.82) is 0 Å². The summed E-state index contributed by atoms with van der Waals surface area (Å²) in [7, 11) is 0. The smallest absolute Gasteiger partial charge is 0.282 e. The van der Waals surface area contributed by atoms with E-state index in [0.29, 0.717) is 42.8 Å². The molecule has 1 saturated heterocycles. The van der Waals surface area contributed by atoms with Gasteiger partial charge in [-0.25, -0.2) is 27.2 Å². The maximum Gasteiger partial charge on any atom is 0.282 e. The minimum atomic E-state index is -3.00. The predicted octanol–water partition coefficient (Wildman–Crippen LogP) is 5.67. The number of nitrogens with zero attached hydrogens (tertiary/aromatic N) is 5. The van der Waals surface area contributed by atoms with E-state index in [1.807, 2.05) is 29.6 Å². The van der Waals surface area contributed by atoms with Crippen molar-refractivity contribution < 1.29 is 31.9 Å². The van der Waals surface area contributed by atoms with Crippen molar-refractivity contribution in [2.24, 2.45) is 5.16 Å². The molecule has 1 aromatic carbocycles. The number of terminal acetylenes is 1. The van der Waals surface area contributed by atoms with Crippen LogP contribution in [0.5, 0.6) is 5.75 Å². The van der Waals surface area contributed by atoms with Crippen LogP contribution in [0.1, 0.15) is 78.0 Å². The Morgan fingerprint density at radius 3 is 2.73 bits per heavy atom. The van der Waals surface area contributed by atoms with E-state index in [9.17, 15) is 22.4 Å². The third-order valence-electron chi connectivity index (χ3n) is 6.91. The Morgan fingerprint density at radius 1 is 1.23 bits per heavy atom. The number of alkyl halides is 4. The standard InChI is InChI=1S/C27H25F4N5O3S/c1-2-11-38-18-5-3-16(4-6-18)23-14-19(34-39-23)21-15-40-27(32-21)17-7-8-35(9-10-37)24(12-17)36-22(26(30)31)13-20(33-36)25(28)29/h1,3-6,10,13,15,17,23-26H,7-9,11-12,14H2. The highest BCUT2D eigenvalue weighted by molar-refractivity contribution is 7.10. The molecule has 3 atom stereocenters. The van der Waals surface area contributed by atoms with E-state index in [1.165, 1.54) is 11.3 Å². The van der Waals surface area contributed by atoms with Crippen LogP contribution in [0, 0.1) is 12.3 Å². The molecular weight excluding hydrogens is 550 g/mol. The summed E-state index contributed by atoms with van der Waals surface area (Å²) in [6, 6.07) is 8.12. The fraction of sp³-hybridized carbons (Fsp3) is 0.407. The number of halogens is 4. The van der Waals surface area contributed by atoms with Crippen LogP contribution < -0.4 is 4.74 Å². The number of ether oxygens (including phenoxy) is 1. The molecule has 0 radical (unpaired) electrons. The Labute approximate surface area is 231 Å². The Bertz CT molecular complexity index is 1400. The molecule has 1 fully saturated rings. The first-order valence-corrected chi connectivity index (χ1v) is 13.4. The molecule has 0 saturated carbocycles. The van der Waals surface area contributed by atoms with Gasteiger partial charge in [-0.1, -0.05) is 23.2 Å². The number of carbonyl (C=O) groups is 1. The van der Waals surface area contributed by atoms with E-state index >= 15 is 0 Å².